The summed E-state index contributed by atoms with van der Waals surface area (Å²) < 4.78 is 7.35. The minimum absolute atomic E-state index is 0.206. The van der Waals surface area contributed by atoms with Crippen LogP contribution in [0.5, 0.6) is 0 Å². The molecule has 0 saturated carbocycles. The molecule has 2 aromatic carbocycles. The number of hydrogen-bond acceptors (Lipinski definition) is 3. The second-order valence-electron chi connectivity index (χ2n) is 6.47. The average Bonchev–Trinajstić information content (AvgIpc) is 3.18. The molecule has 2 N–H and O–H groups in total. The molecule has 3 aromatic rings. The summed E-state index contributed by atoms with van der Waals surface area (Å²) in [6, 6.07) is 17.9. The average molecular weight is 378 g/mol. The Morgan fingerprint density at radius 1 is 0.964 bits per heavy atom. The lowest BCUT2D eigenvalue weighted by atomic mass is 10.1. The number of carbonyl (C=O) groups is 1. The number of ether oxygens (including phenoxy) is 1. The van der Waals surface area contributed by atoms with Gasteiger partial charge in [-0.2, -0.15) is 5.10 Å². The highest BCUT2D eigenvalue weighted by Gasteiger charge is 2.06. The van der Waals surface area contributed by atoms with Crippen LogP contribution in [0.4, 0.5) is 4.79 Å². The molecule has 6 nitrogen and oxygen atoms in total. The van der Waals surface area contributed by atoms with Gasteiger partial charge in [-0.05, 0) is 23.6 Å². The van der Waals surface area contributed by atoms with E-state index in [1.807, 2.05) is 60.3 Å². The monoisotopic (exact) mass is 378 g/mol. The van der Waals surface area contributed by atoms with E-state index < -0.39 is 0 Å². The largest absolute Gasteiger partial charge is 0.377 e. The van der Waals surface area contributed by atoms with E-state index in [1.54, 1.807) is 6.20 Å². The van der Waals surface area contributed by atoms with Gasteiger partial charge in [-0.3, -0.25) is 4.68 Å². The second-order valence-corrected chi connectivity index (χ2v) is 6.47. The standard InChI is InChI=1S/C22H26N4O2/c1-2-28-17-21-11-7-6-10-20(21)14-24-22(27)23-12-19-13-25-26(16-19)15-18-8-4-3-5-9-18/h3-11,13,16H,2,12,14-15,17H2,1H3,(H2,23,24,27). The van der Waals surface area contributed by atoms with Gasteiger partial charge in [0.05, 0.1) is 19.3 Å². The van der Waals surface area contributed by atoms with E-state index in [4.69, 9.17) is 4.74 Å². The number of hydrogen-bond donors (Lipinski definition) is 2. The Hall–Kier alpha value is -3.12. The van der Waals surface area contributed by atoms with Gasteiger partial charge >= 0.3 is 6.03 Å². The van der Waals surface area contributed by atoms with E-state index >= 15 is 0 Å². The molecule has 2 amide bonds. The van der Waals surface area contributed by atoms with Crippen LogP contribution in [0.2, 0.25) is 0 Å². The van der Waals surface area contributed by atoms with E-state index in [9.17, 15) is 4.79 Å². The molecule has 6 heteroatoms. The highest BCUT2D eigenvalue weighted by molar-refractivity contribution is 5.73. The van der Waals surface area contributed by atoms with Crippen molar-refractivity contribution in [2.75, 3.05) is 6.61 Å². The molecular weight excluding hydrogens is 352 g/mol. The summed E-state index contributed by atoms with van der Waals surface area (Å²) in [5.74, 6) is 0. The molecule has 3 rings (SSSR count). The first kappa shape index (κ1) is 19.6. The van der Waals surface area contributed by atoms with Crippen molar-refractivity contribution in [3.63, 3.8) is 0 Å². The third-order valence-corrected chi connectivity index (χ3v) is 4.35. The Labute approximate surface area is 165 Å². The Bertz CT molecular complexity index is 877. The SMILES string of the molecule is CCOCc1ccccc1CNC(=O)NCc1cnn(Cc2ccccc2)c1. The van der Waals surface area contributed by atoms with Gasteiger partial charge < -0.3 is 15.4 Å². The molecule has 0 aliphatic rings. The van der Waals surface area contributed by atoms with Gasteiger partial charge in [-0.1, -0.05) is 54.6 Å². The van der Waals surface area contributed by atoms with Gasteiger partial charge in [0.15, 0.2) is 0 Å². The van der Waals surface area contributed by atoms with Gasteiger partial charge in [0.1, 0.15) is 0 Å². The molecule has 0 unspecified atom stereocenters. The van der Waals surface area contributed by atoms with Crippen molar-refractivity contribution in [2.45, 2.75) is 33.2 Å². The fourth-order valence-electron chi connectivity index (χ4n) is 2.86. The number of rotatable bonds is 9. The fourth-order valence-corrected chi connectivity index (χ4v) is 2.86. The van der Waals surface area contributed by atoms with Gasteiger partial charge in [0.2, 0.25) is 0 Å². The number of amides is 2. The van der Waals surface area contributed by atoms with Crippen molar-refractivity contribution in [1.82, 2.24) is 20.4 Å². The zero-order valence-corrected chi connectivity index (χ0v) is 16.1. The lowest BCUT2D eigenvalue weighted by Gasteiger charge is -2.11. The van der Waals surface area contributed by atoms with Crippen LogP contribution >= 0.6 is 0 Å². The number of nitrogens with one attached hydrogen (secondary N) is 2. The number of carbonyl (C=O) groups excluding carboxylic acids is 1. The number of urea groups is 1. The van der Waals surface area contributed by atoms with E-state index in [0.717, 1.165) is 16.7 Å². The van der Waals surface area contributed by atoms with Crippen molar-refractivity contribution < 1.29 is 9.53 Å². The van der Waals surface area contributed by atoms with Crippen LogP contribution in [0.1, 0.15) is 29.2 Å². The van der Waals surface area contributed by atoms with Crippen LogP contribution in [-0.2, 0) is 31.0 Å². The summed E-state index contributed by atoms with van der Waals surface area (Å²) in [4.78, 5) is 12.1. The number of benzene rings is 2. The molecule has 0 bridgehead atoms. The zero-order chi connectivity index (χ0) is 19.6. The maximum absolute atomic E-state index is 12.1. The van der Waals surface area contributed by atoms with E-state index in [0.29, 0.717) is 32.8 Å². The Morgan fingerprint density at radius 3 is 2.46 bits per heavy atom. The van der Waals surface area contributed by atoms with Crippen molar-refractivity contribution in [2.24, 2.45) is 0 Å². The first-order chi connectivity index (χ1) is 13.7. The first-order valence-electron chi connectivity index (χ1n) is 9.46. The van der Waals surface area contributed by atoms with Crippen LogP contribution in [0.25, 0.3) is 0 Å². The van der Waals surface area contributed by atoms with Crippen molar-refractivity contribution in [1.29, 1.82) is 0 Å². The predicted molar refractivity (Wildman–Crippen MR) is 109 cm³/mol. The van der Waals surface area contributed by atoms with Gasteiger partial charge in [0.25, 0.3) is 0 Å². The quantitative estimate of drug-likeness (QED) is 0.599. The number of nitrogens with zero attached hydrogens (tertiary/aromatic N) is 2. The molecular formula is C22H26N4O2. The molecule has 0 saturated heterocycles. The summed E-state index contributed by atoms with van der Waals surface area (Å²) in [6.07, 6.45) is 3.73. The highest BCUT2D eigenvalue weighted by atomic mass is 16.5. The second kappa shape index (κ2) is 10.3. The minimum Gasteiger partial charge on any atom is -0.377 e. The van der Waals surface area contributed by atoms with Gasteiger partial charge in [0, 0.05) is 31.5 Å². The summed E-state index contributed by atoms with van der Waals surface area (Å²) in [6.45, 7) is 4.79. The van der Waals surface area contributed by atoms with E-state index in [-0.39, 0.29) is 6.03 Å². The zero-order valence-electron chi connectivity index (χ0n) is 16.1. The van der Waals surface area contributed by atoms with Crippen molar-refractivity contribution in [3.8, 4) is 0 Å². The molecule has 0 aliphatic heterocycles. The molecule has 28 heavy (non-hydrogen) atoms. The van der Waals surface area contributed by atoms with Crippen LogP contribution in [0.15, 0.2) is 67.0 Å². The molecule has 146 valence electrons. The molecule has 1 heterocycles. The summed E-state index contributed by atoms with van der Waals surface area (Å²) in [5.41, 5.74) is 4.30. The molecule has 1 aromatic heterocycles. The van der Waals surface area contributed by atoms with Crippen molar-refractivity contribution in [3.05, 3.63) is 89.2 Å². The Kier molecular flexibility index (Phi) is 7.21. The minimum atomic E-state index is -0.206. The highest BCUT2D eigenvalue weighted by Crippen LogP contribution is 2.10. The van der Waals surface area contributed by atoms with Crippen LogP contribution < -0.4 is 10.6 Å². The van der Waals surface area contributed by atoms with E-state index in [1.165, 1.54) is 5.56 Å². The van der Waals surface area contributed by atoms with Crippen LogP contribution in [0.3, 0.4) is 0 Å². The summed E-state index contributed by atoms with van der Waals surface area (Å²) in [7, 11) is 0. The fraction of sp³-hybridized carbons (Fsp3) is 0.273. The predicted octanol–water partition coefficient (Wildman–Crippen LogP) is 3.47. The summed E-state index contributed by atoms with van der Waals surface area (Å²) in [5, 5.41) is 10.1. The number of aromatic nitrogens is 2. The Balaban J connectivity index is 1.45. The first-order valence-corrected chi connectivity index (χ1v) is 9.46. The van der Waals surface area contributed by atoms with Gasteiger partial charge in [-0.15, -0.1) is 0 Å². The molecule has 0 radical (unpaired) electrons. The third kappa shape index (κ3) is 5.96. The topological polar surface area (TPSA) is 68.2 Å². The summed E-state index contributed by atoms with van der Waals surface area (Å²) >= 11 is 0. The van der Waals surface area contributed by atoms with Crippen LogP contribution in [0, 0.1) is 0 Å². The molecule has 0 aliphatic carbocycles. The third-order valence-electron chi connectivity index (χ3n) is 4.35. The Morgan fingerprint density at radius 2 is 1.68 bits per heavy atom. The normalized spacial score (nSPS) is 10.6. The maximum atomic E-state index is 12.1. The van der Waals surface area contributed by atoms with E-state index in [2.05, 4.69) is 27.9 Å². The molecule has 0 spiro atoms. The smallest absolute Gasteiger partial charge is 0.315 e. The maximum Gasteiger partial charge on any atom is 0.315 e. The van der Waals surface area contributed by atoms with Gasteiger partial charge in [-0.25, -0.2) is 4.79 Å². The molecule has 0 fully saturated rings. The van der Waals surface area contributed by atoms with Crippen molar-refractivity contribution >= 4 is 6.03 Å². The lowest BCUT2D eigenvalue weighted by molar-refractivity contribution is 0.133. The van der Waals surface area contributed by atoms with Crippen LogP contribution in [-0.4, -0.2) is 22.4 Å². The molecule has 0 atom stereocenters. The lowest BCUT2D eigenvalue weighted by Crippen LogP contribution is -2.34.